The maximum atomic E-state index is 13.2. The summed E-state index contributed by atoms with van der Waals surface area (Å²) in [6.07, 6.45) is 0. The van der Waals surface area contributed by atoms with Gasteiger partial charge in [-0.3, -0.25) is 0 Å². The van der Waals surface area contributed by atoms with E-state index in [-0.39, 0.29) is 5.69 Å². The molecule has 0 amide bonds. The van der Waals surface area contributed by atoms with Crippen molar-refractivity contribution in [3.05, 3.63) is 24.0 Å². The van der Waals surface area contributed by atoms with Gasteiger partial charge in [-0.2, -0.15) is 13.2 Å². The number of alkyl halides is 3. The number of benzene rings is 1. The highest BCUT2D eigenvalue weighted by atomic mass is 32.2. The molecule has 1 aromatic carbocycles. The molecule has 2 rings (SSSR count). The lowest BCUT2D eigenvalue weighted by molar-refractivity contribution is -0.0435. The number of nitrogens with zero attached hydrogens (tertiary/aromatic N) is 1. The Kier molecular flexibility index (Phi) is 3.92. The van der Waals surface area contributed by atoms with E-state index in [1.54, 1.807) is 0 Å². The summed E-state index contributed by atoms with van der Waals surface area (Å²) in [6, 6.07) is 2.44. The zero-order chi connectivity index (χ0) is 15.0. The molecule has 1 aromatic rings. The van der Waals surface area contributed by atoms with Crippen LogP contribution in [0.5, 0.6) is 0 Å². The van der Waals surface area contributed by atoms with Crippen LogP contribution in [0.2, 0.25) is 0 Å². The Hall–Kier alpha value is -1.35. The molecule has 0 radical (unpaired) electrons. The van der Waals surface area contributed by atoms with Crippen molar-refractivity contribution in [1.29, 1.82) is 0 Å². The number of piperazine rings is 1. The van der Waals surface area contributed by atoms with E-state index in [9.17, 15) is 26.0 Å². The highest BCUT2D eigenvalue weighted by Crippen LogP contribution is 2.36. The quantitative estimate of drug-likeness (QED) is 0.842. The van der Waals surface area contributed by atoms with E-state index < -0.39 is 26.1 Å². The molecule has 112 valence electrons. The fourth-order valence-corrected chi connectivity index (χ4v) is 2.98. The Bertz CT molecular complexity index is 595. The summed E-state index contributed by atoms with van der Waals surface area (Å²) < 4.78 is 74.2. The van der Waals surface area contributed by atoms with Crippen LogP contribution in [0.3, 0.4) is 0 Å². The highest BCUT2D eigenvalue weighted by Gasteiger charge is 2.48. The van der Waals surface area contributed by atoms with Crippen LogP contribution in [0.1, 0.15) is 0 Å². The van der Waals surface area contributed by atoms with Gasteiger partial charge in [-0.15, -0.1) is 0 Å². The highest BCUT2D eigenvalue weighted by molar-refractivity contribution is 7.92. The first kappa shape index (κ1) is 15.0. The third-order valence-corrected chi connectivity index (χ3v) is 4.49. The van der Waals surface area contributed by atoms with Crippen LogP contribution in [0, 0.1) is 5.82 Å². The standard InChI is InChI=1S/C11H12F4N2O2S/c12-8-1-2-9(17-5-3-16-4-6-17)10(7-8)20(18,19)11(13,14)15/h1-2,7,16H,3-6H2. The molecule has 20 heavy (non-hydrogen) atoms. The van der Waals surface area contributed by atoms with Gasteiger partial charge in [0.15, 0.2) is 0 Å². The lowest BCUT2D eigenvalue weighted by atomic mass is 10.2. The summed E-state index contributed by atoms with van der Waals surface area (Å²) >= 11 is 0. The first-order valence-electron chi connectivity index (χ1n) is 5.80. The third kappa shape index (κ3) is 2.73. The van der Waals surface area contributed by atoms with Crippen molar-refractivity contribution in [1.82, 2.24) is 5.32 Å². The SMILES string of the molecule is O=S(=O)(c1cc(F)ccc1N1CCNCC1)C(F)(F)F. The Morgan fingerprint density at radius 3 is 2.30 bits per heavy atom. The second kappa shape index (κ2) is 5.21. The van der Waals surface area contributed by atoms with Crippen molar-refractivity contribution >= 4 is 15.5 Å². The summed E-state index contributed by atoms with van der Waals surface area (Å²) in [4.78, 5) is 0.459. The lowest BCUT2D eigenvalue weighted by Gasteiger charge is -2.31. The predicted octanol–water partition coefficient (Wildman–Crippen LogP) is 1.53. The number of anilines is 1. The molecule has 1 heterocycles. The molecule has 9 heteroatoms. The Morgan fingerprint density at radius 2 is 1.75 bits per heavy atom. The first-order chi connectivity index (χ1) is 9.23. The van der Waals surface area contributed by atoms with E-state index in [4.69, 9.17) is 0 Å². The summed E-state index contributed by atoms with van der Waals surface area (Å²) in [7, 11) is -5.58. The second-order valence-electron chi connectivity index (χ2n) is 4.30. The number of halogens is 4. The van der Waals surface area contributed by atoms with E-state index >= 15 is 0 Å². The molecule has 0 aliphatic carbocycles. The summed E-state index contributed by atoms with van der Waals surface area (Å²) in [5.41, 5.74) is -5.57. The fraction of sp³-hybridized carbons (Fsp3) is 0.455. The minimum absolute atomic E-state index is 0.120. The average Bonchev–Trinajstić information content (AvgIpc) is 2.38. The van der Waals surface area contributed by atoms with Gasteiger partial charge in [0.1, 0.15) is 10.7 Å². The van der Waals surface area contributed by atoms with Crippen LogP contribution in [0.25, 0.3) is 0 Å². The lowest BCUT2D eigenvalue weighted by Crippen LogP contribution is -2.44. The van der Waals surface area contributed by atoms with Crippen molar-refractivity contribution < 1.29 is 26.0 Å². The second-order valence-corrected chi connectivity index (χ2v) is 6.21. The summed E-state index contributed by atoms with van der Waals surface area (Å²) in [6.45, 7) is 1.74. The van der Waals surface area contributed by atoms with Gasteiger partial charge in [0.2, 0.25) is 0 Å². The van der Waals surface area contributed by atoms with Crippen LogP contribution in [-0.4, -0.2) is 40.1 Å². The molecule has 1 aliphatic rings. The van der Waals surface area contributed by atoms with E-state index in [0.29, 0.717) is 32.2 Å². The van der Waals surface area contributed by atoms with Gasteiger partial charge < -0.3 is 10.2 Å². The maximum Gasteiger partial charge on any atom is 0.501 e. The van der Waals surface area contributed by atoms with Crippen molar-refractivity contribution in [3.63, 3.8) is 0 Å². The van der Waals surface area contributed by atoms with Crippen molar-refractivity contribution in [2.24, 2.45) is 0 Å². The van der Waals surface area contributed by atoms with Crippen molar-refractivity contribution in [2.45, 2.75) is 10.4 Å². The predicted molar refractivity (Wildman–Crippen MR) is 64.7 cm³/mol. The van der Waals surface area contributed by atoms with E-state index in [1.807, 2.05) is 0 Å². The van der Waals surface area contributed by atoms with E-state index in [1.165, 1.54) is 4.90 Å². The number of hydrogen-bond acceptors (Lipinski definition) is 4. The minimum atomic E-state index is -5.58. The van der Waals surface area contributed by atoms with Crippen molar-refractivity contribution in [3.8, 4) is 0 Å². The first-order valence-corrected chi connectivity index (χ1v) is 7.28. The molecule has 0 aromatic heterocycles. The topological polar surface area (TPSA) is 49.4 Å². The smallest absolute Gasteiger partial charge is 0.368 e. The summed E-state index contributed by atoms with van der Waals surface area (Å²) in [5, 5.41) is 3.00. The molecule has 1 saturated heterocycles. The van der Waals surface area contributed by atoms with Crippen LogP contribution in [0.4, 0.5) is 23.2 Å². The zero-order valence-corrected chi connectivity index (χ0v) is 11.1. The van der Waals surface area contributed by atoms with Gasteiger partial charge in [0, 0.05) is 26.2 Å². The van der Waals surface area contributed by atoms with Crippen LogP contribution in [-0.2, 0) is 9.84 Å². The molecule has 4 nitrogen and oxygen atoms in total. The minimum Gasteiger partial charge on any atom is -0.368 e. The molecule has 0 bridgehead atoms. The maximum absolute atomic E-state index is 13.2. The van der Waals surface area contributed by atoms with E-state index in [0.717, 1.165) is 12.1 Å². The normalized spacial score (nSPS) is 17.3. The number of nitrogens with one attached hydrogen (secondary N) is 1. The van der Waals surface area contributed by atoms with Crippen molar-refractivity contribution in [2.75, 3.05) is 31.1 Å². The number of sulfone groups is 1. The van der Waals surface area contributed by atoms with Gasteiger partial charge in [0.25, 0.3) is 9.84 Å². The van der Waals surface area contributed by atoms with Gasteiger partial charge >= 0.3 is 5.51 Å². The largest absolute Gasteiger partial charge is 0.501 e. The van der Waals surface area contributed by atoms with E-state index in [2.05, 4.69) is 5.32 Å². The summed E-state index contributed by atoms with van der Waals surface area (Å²) in [5.74, 6) is -1.02. The zero-order valence-electron chi connectivity index (χ0n) is 10.2. The Morgan fingerprint density at radius 1 is 1.15 bits per heavy atom. The average molecular weight is 312 g/mol. The van der Waals surface area contributed by atoms with Gasteiger partial charge in [0.05, 0.1) is 5.69 Å². The van der Waals surface area contributed by atoms with Crippen LogP contribution in [0.15, 0.2) is 23.1 Å². The Balaban J connectivity index is 2.54. The molecule has 0 saturated carbocycles. The third-order valence-electron chi connectivity index (χ3n) is 2.97. The fourth-order valence-electron chi connectivity index (χ4n) is 1.99. The molecule has 1 N–H and O–H groups in total. The van der Waals surface area contributed by atoms with Gasteiger partial charge in [-0.1, -0.05) is 0 Å². The Labute approximate surface area is 113 Å². The van der Waals surface area contributed by atoms with Crippen LogP contribution < -0.4 is 10.2 Å². The van der Waals surface area contributed by atoms with Gasteiger partial charge in [-0.05, 0) is 18.2 Å². The monoisotopic (exact) mass is 312 g/mol. The molecule has 0 unspecified atom stereocenters. The number of hydrogen-bond donors (Lipinski definition) is 1. The molecular formula is C11H12F4N2O2S. The molecule has 1 aliphatic heterocycles. The van der Waals surface area contributed by atoms with Crippen LogP contribution >= 0.6 is 0 Å². The molecule has 1 fully saturated rings. The number of rotatable bonds is 2. The molecular weight excluding hydrogens is 300 g/mol. The molecule has 0 spiro atoms. The molecule has 0 atom stereocenters. The van der Waals surface area contributed by atoms with Gasteiger partial charge in [-0.25, -0.2) is 12.8 Å².